The van der Waals surface area contributed by atoms with E-state index in [4.69, 9.17) is 16.3 Å². The Kier molecular flexibility index (Phi) is 4.94. The van der Waals surface area contributed by atoms with Gasteiger partial charge in [-0.2, -0.15) is 0 Å². The fraction of sp³-hybridized carbons (Fsp3) is 0.391. The predicted molar refractivity (Wildman–Crippen MR) is 108 cm³/mol. The summed E-state index contributed by atoms with van der Waals surface area (Å²) >= 11 is 6.54. The van der Waals surface area contributed by atoms with E-state index < -0.39 is 5.97 Å². The Hall–Kier alpha value is -2.13. The lowest BCUT2D eigenvalue weighted by molar-refractivity contribution is 0.0600. The van der Waals surface area contributed by atoms with Crippen molar-refractivity contribution in [3.8, 4) is 0 Å². The molecule has 142 valence electrons. The van der Waals surface area contributed by atoms with Crippen LogP contribution in [0.15, 0.2) is 36.4 Å². The molecular weight excluding hydrogens is 360 g/mol. The number of benzene rings is 2. The number of esters is 1. The number of methoxy groups -OCH3 is 1. The number of halogens is 1. The van der Waals surface area contributed by atoms with Crippen LogP contribution in [0.3, 0.4) is 0 Å². The van der Waals surface area contributed by atoms with Crippen LogP contribution in [0.2, 0.25) is 5.02 Å². The van der Waals surface area contributed by atoms with Crippen LogP contribution in [-0.2, 0) is 15.6 Å². The molecule has 0 atom stereocenters. The molecule has 0 bridgehead atoms. The summed E-state index contributed by atoms with van der Waals surface area (Å²) in [6, 6.07) is 10.4. The molecule has 3 rings (SSSR count). The fourth-order valence-electron chi connectivity index (χ4n) is 3.79. The number of hydrogen-bond acceptors (Lipinski definition) is 3. The SMILES string of the molecule is COC(=O)c1ccc(C(=O)c2cc3c(cc2Cl)C(C)(C)CCC3(C)C)cc1. The number of ether oxygens (including phenoxy) is 1. The molecule has 0 N–H and O–H groups in total. The quantitative estimate of drug-likeness (QED) is 0.503. The number of rotatable bonds is 3. The first kappa shape index (κ1) is 19.6. The van der Waals surface area contributed by atoms with Crippen LogP contribution in [0.25, 0.3) is 0 Å². The van der Waals surface area contributed by atoms with Crippen molar-refractivity contribution in [3.05, 3.63) is 69.2 Å². The van der Waals surface area contributed by atoms with Gasteiger partial charge in [-0.25, -0.2) is 4.79 Å². The van der Waals surface area contributed by atoms with Gasteiger partial charge in [-0.3, -0.25) is 4.79 Å². The fourth-order valence-corrected chi connectivity index (χ4v) is 4.04. The molecule has 0 heterocycles. The van der Waals surface area contributed by atoms with E-state index in [0.29, 0.717) is 21.7 Å². The molecule has 3 nitrogen and oxygen atoms in total. The van der Waals surface area contributed by atoms with Gasteiger partial charge in [0, 0.05) is 11.1 Å². The molecule has 2 aromatic rings. The highest BCUT2D eigenvalue weighted by atomic mass is 35.5. The molecule has 0 unspecified atom stereocenters. The molecule has 2 aromatic carbocycles. The first-order valence-electron chi connectivity index (χ1n) is 9.14. The molecule has 0 aromatic heterocycles. The van der Waals surface area contributed by atoms with E-state index in [9.17, 15) is 9.59 Å². The predicted octanol–water partition coefficient (Wildman–Crippen LogP) is 5.71. The smallest absolute Gasteiger partial charge is 0.337 e. The van der Waals surface area contributed by atoms with Gasteiger partial charge in [0.15, 0.2) is 5.78 Å². The van der Waals surface area contributed by atoms with Gasteiger partial charge in [0.2, 0.25) is 0 Å². The van der Waals surface area contributed by atoms with E-state index in [0.717, 1.165) is 12.8 Å². The summed E-state index contributed by atoms with van der Waals surface area (Å²) in [5.74, 6) is -0.566. The van der Waals surface area contributed by atoms with E-state index in [1.807, 2.05) is 12.1 Å². The normalized spacial score (nSPS) is 17.1. The summed E-state index contributed by atoms with van der Waals surface area (Å²) in [6.45, 7) is 8.89. The minimum atomic E-state index is -0.426. The highest BCUT2D eigenvalue weighted by Crippen LogP contribution is 2.47. The maximum Gasteiger partial charge on any atom is 0.337 e. The van der Waals surface area contributed by atoms with Crippen LogP contribution in [0.5, 0.6) is 0 Å². The van der Waals surface area contributed by atoms with E-state index in [-0.39, 0.29) is 16.6 Å². The van der Waals surface area contributed by atoms with Crippen molar-refractivity contribution in [2.24, 2.45) is 0 Å². The van der Waals surface area contributed by atoms with Gasteiger partial charge >= 0.3 is 5.97 Å². The summed E-state index contributed by atoms with van der Waals surface area (Å²) in [5.41, 5.74) is 3.87. The summed E-state index contributed by atoms with van der Waals surface area (Å²) < 4.78 is 4.70. The first-order chi connectivity index (χ1) is 12.6. The zero-order valence-corrected chi connectivity index (χ0v) is 17.2. The van der Waals surface area contributed by atoms with Crippen LogP contribution >= 0.6 is 11.6 Å². The monoisotopic (exact) mass is 384 g/mol. The number of fused-ring (bicyclic) bond motifs is 1. The Morgan fingerprint density at radius 1 is 0.889 bits per heavy atom. The van der Waals surface area contributed by atoms with Crippen LogP contribution in [0, 0.1) is 0 Å². The molecule has 0 saturated carbocycles. The Labute approximate surface area is 165 Å². The van der Waals surface area contributed by atoms with Crippen molar-refractivity contribution in [2.45, 2.75) is 51.4 Å². The topological polar surface area (TPSA) is 43.4 Å². The average molecular weight is 385 g/mol. The first-order valence-corrected chi connectivity index (χ1v) is 9.52. The van der Waals surface area contributed by atoms with E-state index >= 15 is 0 Å². The second-order valence-electron chi connectivity index (χ2n) is 8.54. The van der Waals surface area contributed by atoms with Crippen molar-refractivity contribution in [1.29, 1.82) is 0 Å². The molecule has 1 aliphatic carbocycles. The van der Waals surface area contributed by atoms with E-state index in [1.165, 1.54) is 18.2 Å². The number of ketones is 1. The van der Waals surface area contributed by atoms with Gasteiger partial charge in [-0.1, -0.05) is 51.4 Å². The second-order valence-corrected chi connectivity index (χ2v) is 8.95. The molecule has 0 aliphatic heterocycles. The highest BCUT2D eigenvalue weighted by molar-refractivity contribution is 6.35. The van der Waals surface area contributed by atoms with Crippen LogP contribution < -0.4 is 0 Å². The summed E-state index contributed by atoms with van der Waals surface area (Å²) in [6.07, 6.45) is 2.15. The third kappa shape index (κ3) is 3.53. The van der Waals surface area contributed by atoms with Crippen molar-refractivity contribution in [3.63, 3.8) is 0 Å². The lowest BCUT2D eigenvalue weighted by Gasteiger charge is -2.42. The molecule has 27 heavy (non-hydrogen) atoms. The molecule has 0 saturated heterocycles. The Balaban J connectivity index is 2.05. The zero-order chi connectivity index (χ0) is 20.0. The molecule has 4 heteroatoms. The Morgan fingerprint density at radius 3 is 1.89 bits per heavy atom. The van der Waals surface area contributed by atoms with Crippen LogP contribution in [0.4, 0.5) is 0 Å². The van der Waals surface area contributed by atoms with Gasteiger partial charge in [0.25, 0.3) is 0 Å². The number of carbonyl (C=O) groups is 2. The molecular formula is C23H25ClO3. The standard InChI is InChI=1S/C23H25ClO3/c1-22(2)10-11-23(3,4)18-13-19(24)16(12-17(18)22)20(25)14-6-8-15(9-7-14)21(26)27-5/h6-9,12-13H,10-11H2,1-5H3. The van der Waals surface area contributed by atoms with Gasteiger partial charge < -0.3 is 4.74 Å². The summed E-state index contributed by atoms with van der Waals surface area (Å²) in [7, 11) is 1.33. The van der Waals surface area contributed by atoms with Gasteiger partial charge in [0.05, 0.1) is 17.7 Å². The Bertz CT molecular complexity index is 908. The van der Waals surface area contributed by atoms with E-state index in [2.05, 4.69) is 27.7 Å². The maximum atomic E-state index is 13.1. The molecule has 0 amide bonds. The molecule has 1 aliphatic rings. The average Bonchev–Trinajstić information content (AvgIpc) is 2.64. The highest BCUT2D eigenvalue weighted by Gasteiger charge is 2.38. The van der Waals surface area contributed by atoms with Crippen molar-refractivity contribution < 1.29 is 14.3 Å². The Morgan fingerprint density at radius 2 is 1.37 bits per heavy atom. The second kappa shape index (κ2) is 6.79. The maximum absolute atomic E-state index is 13.1. The minimum Gasteiger partial charge on any atom is -0.465 e. The largest absolute Gasteiger partial charge is 0.465 e. The number of hydrogen-bond donors (Lipinski definition) is 0. The lowest BCUT2D eigenvalue weighted by Crippen LogP contribution is -2.34. The third-order valence-corrected chi connectivity index (χ3v) is 6.07. The molecule has 0 radical (unpaired) electrons. The van der Waals surface area contributed by atoms with Gasteiger partial charge in [-0.15, -0.1) is 0 Å². The summed E-state index contributed by atoms with van der Waals surface area (Å²) in [4.78, 5) is 24.7. The van der Waals surface area contributed by atoms with Crippen molar-refractivity contribution in [2.75, 3.05) is 7.11 Å². The van der Waals surface area contributed by atoms with Crippen molar-refractivity contribution in [1.82, 2.24) is 0 Å². The van der Waals surface area contributed by atoms with Gasteiger partial charge in [0.1, 0.15) is 0 Å². The number of carbonyl (C=O) groups excluding carboxylic acids is 2. The zero-order valence-electron chi connectivity index (χ0n) is 16.5. The lowest BCUT2D eigenvalue weighted by atomic mass is 9.63. The van der Waals surface area contributed by atoms with Crippen molar-refractivity contribution >= 4 is 23.4 Å². The summed E-state index contributed by atoms with van der Waals surface area (Å²) in [5, 5.41) is 0.474. The van der Waals surface area contributed by atoms with Gasteiger partial charge in [-0.05, 0) is 59.1 Å². The molecule has 0 spiro atoms. The minimum absolute atomic E-state index is 0.000780. The van der Waals surface area contributed by atoms with Crippen LogP contribution in [-0.4, -0.2) is 18.9 Å². The van der Waals surface area contributed by atoms with E-state index in [1.54, 1.807) is 24.3 Å². The molecule has 0 fully saturated rings. The van der Waals surface area contributed by atoms with Crippen LogP contribution in [0.1, 0.15) is 77.9 Å². The third-order valence-electron chi connectivity index (χ3n) is 5.75.